The average Bonchev–Trinajstić information content (AvgIpc) is 2.56. The first-order valence-electron chi connectivity index (χ1n) is 7.09. The topological polar surface area (TPSA) is 74.4 Å². The Bertz CT molecular complexity index is 736. The molecule has 0 fully saturated rings. The highest BCUT2D eigenvalue weighted by molar-refractivity contribution is 6.33. The van der Waals surface area contributed by atoms with Gasteiger partial charge >= 0.3 is 12.1 Å². The van der Waals surface area contributed by atoms with E-state index in [1.165, 1.54) is 24.4 Å². The second-order valence-electron chi connectivity index (χ2n) is 4.97. The number of carbonyl (C=O) groups is 1. The molecule has 0 saturated heterocycles. The van der Waals surface area contributed by atoms with Crippen LogP contribution in [0, 0.1) is 0 Å². The van der Waals surface area contributed by atoms with Gasteiger partial charge in [-0.25, -0.2) is 4.79 Å². The smallest absolute Gasteiger partial charge is 0.411 e. The van der Waals surface area contributed by atoms with Gasteiger partial charge in [-0.1, -0.05) is 23.7 Å². The Morgan fingerprint density at radius 3 is 2.60 bits per heavy atom. The summed E-state index contributed by atoms with van der Waals surface area (Å²) < 4.78 is 45.7. The molecule has 2 rings (SSSR count). The van der Waals surface area contributed by atoms with Crippen LogP contribution in [0.3, 0.4) is 0 Å². The molecule has 0 unspecified atom stereocenters. The van der Waals surface area contributed by atoms with Gasteiger partial charge in [0.05, 0.1) is 22.9 Å². The predicted molar refractivity (Wildman–Crippen MR) is 84.2 cm³/mol. The van der Waals surface area contributed by atoms with Crippen LogP contribution >= 0.6 is 11.6 Å². The Kier molecular flexibility index (Phi) is 6.35. The van der Waals surface area contributed by atoms with Crippen LogP contribution < -0.4 is 10.5 Å². The van der Waals surface area contributed by atoms with Gasteiger partial charge in [-0.05, 0) is 23.8 Å². The second-order valence-corrected chi connectivity index (χ2v) is 5.35. The normalized spacial score (nSPS) is 11.4. The van der Waals surface area contributed by atoms with Crippen molar-refractivity contribution in [3.05, 3.63) is 58.4 Å². The molecule has 0 spiro atoms. The lowest BCUT2D eigenvalue weighted by atomic mass is 10.2. The number of rotatable bonds is 6. The Balaban J connectivity index is 1.99. The van der Waals surface area contributed by atoms with Crippen molar-refractivity contribution in [2.45, 2.75) is 19.3 Å². The van der Waals surface area contributed by atoms with Crippen molar-refractivity contribution in [2.75, 3.05) is 6.61 Å². The Morgan fingerprint density at radius 1 is 1.24 bits per heavy atom. The molecule has 9 heteroatoms. The largest absolute Gasteiger partial charge is 0.421 e. The van der Waals surface area contributed by atoms with Gasteiger partial charge in [0.2, 0.25) is 0 Å². The quantitative estimate of drug-likeness (QED) is 0.619. The molecule has 1 aromatic heterocycles. The number of carbonyl (C=O) groups excluding carboxylic acids is 1. The molecule has 25 heavy (non-hydrogen) atoms. The predicted octanol–water partition coefficient (Wildman–Crippen LogP) is 3.49. The first kappa shape index (κ1) is 19.2. The Labute approximate surface area is 146 Å². The van der Waals surface area contributed by atoms with Crippen LogP contribution in [0.2, 0.25) is 5.02 Å². The summed E-state index contributed by atoms with van der Waals surface area (Å²) in [7, 11) is 0. The number of benzene rings is 1. The molecule has 2 N–H and O–H groups in total. The van der Waals surface area contributed by atoms with Crippen LogP contribution in [0.5, 0.6) is 5.75 Å². The van der Waals surface area contributed by atoms with Crippen LogP contribution in [0.25, 0.3) is 0 Å². The summed E-state index contributed by atoms with van der Waals surface area (Å²) in [4.78, 5) is 16.0. The second kappa shape index (κ2) is 8.28. The van der Waals surface area contributed by atoms with Gasteiger partial charge in [0, 0.05) is 12.7 Å². The van der Waals surface area contributed by atoms with E-state index in [-0.39, 0.29) is 35.2 Å². The van der Waals surface area contributed by atoms with E-state index >= 15 is 0 Å². The van der Waals surface area contributed by atoms with Crippen LogP contribution in [0.15, 0.2) is 36.5 Å². The fraction of sp³-hybridized carbons (Fsp3) is 0.250. The van der Waals surface area contributed by atoms with E-state index in [9.17, 15) is 18.0 Å². The number of nitrogens with zero attached hydrogens (tertiary/aromatic N) is 1. The van der Waals surface area contributed by atoms with E-state index in [4.69, 9.17) is 22.1 Å². The molecule has 5 nitrogen and oxygen atoms in total. The van der Waals surface area contributed by atoms with Gasteiger partial charge in [0.1, 0.15) is 12.4 Å². The van der Waals surface area contributed by atoms with Crippen molar-refractivity contribution in [3.63, 3.8) is 0 Å². The lowest BCUT2D eigenvalue weighted by molar-refractivity contribution is -0.176. The molecule has 0 aliphatic carbocycles. The number of alkyl halides is 3. The maximum atomic E-state index is 12.1. The Hall–Kier alpha value is -2.16. The van der Waals surface area contributed by atoms with Crippen LogP contribution in [-0.2, 0) is 17.9 Å². The van der Waals surface area contributed by atoms with Crippen molar-refractivity contribution >= 4 is 17.6 Å². The maximum absolute atomic E-state index is 12.1. The zero-order chi connectivity index (χ0) is 18.4. The number of esters is 1. The first-order valence-corrected chi connectivity index (χ1v) is 7.47. The average molecular weight is 375 g/mol. The molecule has 134 valence electrons. The zero-order valence-electron chi connectivity index (χ0n) is 12.8. The molecular weight excluding hydrogens is 361 g/mol. The molecule has 1 aromatic carbocycles. The molecule has 0 saturated carbocycles. The summed E-state index contributed by atoms with van der Waals surface area (Å²) in [6, 6.07) is 7.63. The number of nitrogens with two attached hydrogens (primary N) is 1. The molecule has 0 amide bonds. The zero-order valence-corrected chi connectivity index (χ0v) is 13.6. The van der Waals surface area contributed by atoms with Gasteiger partial charge in [-0.15, -0.1) is 0 Å². The van der Waals surface area contributed by atoms with Gasteiger partial charge in [-0.2, -0.15) is 13.2 Å². The summed E-state index contributed by atoms with van der Waals surface area (Å²) in [6.45, 7) is -1.49. The van der Waals surface area contributed by atoms with E-state index in [1.54, 1.807) is 12.1 Å². The molecule has 0 radical (unpaired) electrons. The van der Waals surface area contributed by atoms with E-state index in [0.717, 1.165) is 0 Å². The minimum Gasteiger partial charge on any atom is -0.421 e. The van der Waals surface area contributed by atoms with Gasteiger partial charge < -0.3 is 15.2 Å². The lowest BCUT2D eigenvalue weighted by Gasteiger charge is -2.09. The lowest BCUT2D eigenvalue weighted by Crippen LogP contribution is -2.17. The van der Waals surface area contributed by atoms with E-state index in [0.29, 0.717) is 5.56 Å². The van der Waals surface area contributed by atoms with Gasteiger partial charge in [0.15, 0.2) is 0 Å². The highest BCUT2D eigenvalue weighted by Gasteiger charge is 2.27. The number of halogens is 4. The highest BCUT2D eigenvalue weighted by Crippen LogP contribution is 2.28. The molecule has 2 aromatic rings. The summed E-state index contributed by atoms with van der Waals surface area (Å²) in [6.07, 6.45) is -3.21. The molecule has 0 aliphatic rings. The minimum atomic E-state index is -4.40. The summed E-state index contributed by atoms with van der Waals surface area (Å²) >= 11 is 6.08. The fourth-order valence-electron chi connectivity index (χ4n) is 1.85. The van der Waals surface area contributed by atoms with Crippen LogP contribution in [0.1, 0.15) is 21.6 Å². The number of hydrogen-bond donors (Lipinski definition) is 1. The molecule has 0 aliphatic heterocycles. The third-order valence-corrected chi connectivity index (χ3v) is 3.47. The number of aromatic nitrogens is 1. The maximum Gasteiger partial charge on any atom is 0.411 e. The van der Waals surface area contributed by atoms with E-state index in [1.807, 2.05) is 0 Å². The van der Waals surface area contributed by atoms with Crippen molar-refractivity contribution < 1.29 is 27.4 Å². The third kappa shape index (κ3) is 5.70. The number of pyridine rings is 1. The fourth-order valence-corrected chi connectivity index (χ4v) is 2.10. The highest BCUT2D eigenvalue weighted by atomic mass is 35.5. The molecular formula is C16H14ClF3N2O3. The number of hydrogen-bond acceptors (Lipinski definition) is 5. The third-order valence-electron chi connectivity index (χ3n) is 3.04. The molecule has 0 bridgehead atoms. The van der Waals surface area contributed by atoms with Gasteiger partial charge in [0.25, 0.3) is 0 Å². The van der Waals surface area contributed by atoms with Crippen LogP contribution in [0.4, 0.5) is 13.2 Å². The monoisotopic (exact) mass is 374 g/mol. The van der Waals surface area contributed by atoms with E-state index < -0.39 is 18.8 Å². The molecule has 0 atom stereocenters. The standard InChI is InChI=1S/C16H14ClF3N2O3/c17-14-10(6-21)2-1-3-13(14)25-15(23)11-4-5-12(22-7-11)8-24-9-16(18,19)20/h1-5,7H,6,8-9,21H2. The summed E-state index contributed by atoms with van der Waals surface area (Å²) in [5.74, 6) is -0.543. The van der Waals surface area contributed by atoms with Crippen LogP contribution in [-0.4, -0.2) is 23.7 Å². The van der Waals surface area contributed by atoms with Crippen molar-refractivity contribution in [1.29, 1.82) is 0 Å². The van der Waals surface area contributed by atoms with Crippen molar-refractivity contribution in [3.8, 4) is 5.75 Å². The molecule has 1 heterocycles. The van der Waals surface area contributed by atoms with Crippen molar-refractivity contribution in [2.24, 2.45) is 5.73 Å². The SMILES string of the molecule is NCc1cccc(OC(=O)c2ccc(COCC(F)(F)F)nc2)c1Cl. The van der Waals surface area contributed by atoms with Gasteiger partial charge in [-0.3, -0.25) is 4.98 Å². The van der Waals surface area contributed by atoms with E-state index in [2.05, 4.69) is 9.72 Å². The minimum absolute atomic E-state index is 0.119. The number of ether oxygens (including phenoxy) is 2. The Morgan fingerprint density at radius 2 is 2.00 bits per heavy atom. The van der Waals surface area contributed by atoms with Crippen molar-refractivity contribution in [1.82, 2.24) is 4.98 Å². The summed E-state index contributed by atoms with van der Waals surface area (Å²) in [5.41, 5.74) is 6.53. The summed E-state index contributed by atoms with van der Waals surface area (Å²) in [5, 5.41) is 0.239. The first-order chi connectivity index (χ1) is 11.8.